The van der Waals surface area contributed by atoms with Gasteiger partial charge in [-0.05, 0) is 29.8 Å². The monoisotopic (exact) mass is 260 g/mol. The molecule has 0 fully saturated rings. The van der Waals surface area contributed by atoms with Gasteiger partial charge in [0.1, 0.15) is 23.9 Å². The summed E-state index contributed by atoms with van der Waals surface area (Å²) in [4.78, 5) is 11.1. The summed E-state index contributed by atoms with van der Waals surface area (Å²) in [6.45, 7) is 0.186. The zero-order valence-corrected chi connectivity index (χ0v) is 10.4. The van der Waals surface area contributed by atoms with E-state index in [1.54, 1.807) is 30.3 Å². The molecular formula is C15H13FO3. The molecule has 0 saturated heterocycles. The third-order valence-corrected chi connectivity index (χ3v) is 2.65. The van der Waals surface area contributed by atoms with Crippen LogP contribution in [0.15, 0.2) is 42.5 Å². The second-order valence-corrected chi connectivity index (χ2v) is 3.91. The van der Waals surface area contributed by atoms with E-state index in [1.165, 1.54) is 19.2 Å². The van der Waals surface area contributed by atoms with Gasteiger partial charge in [-0.15, -0.1) is 0 Å². The van der Waals surface area contributed by atoms with Gasteiger partial charge in [-0.1, -0.05) is 18.2 Å². The minimum Gasteiger partial charge on any atom is -0.496 e. The highest BCUT2D eigenvalue weighted by molar-refractivity contribution is 5.83. The number of rotatable bonds is 5. The number of halogens is 1. The van der Waals surface area contributed by atoms with Gasteiger partial charge in [-0.25, -0.2) is 4.39 Å². The van der Waals surface area contributed by atoms with E-state index in [9.17, 15) is 9.18 Å². The largest absolute Gasteiger partial charge is 0.496 e. The van der Waals surface area contributed by atoms with E-state index >= 15 is 0 Å². The van der Waals surface area contributed by atoms with Gasteiger partial charge in [0.05, 0.1) is 12.7 Å². The van der Waals surface area contributed by atoms with E-state index in [0.29, 0.717) is 28.9 Å². The highest BCUT2D eigenvalue weighted by Gasteiger charge is 2.09. The Bertz CT molecular complexity index is 581. The van der Waals surface area contributed by atoms with Crippen molar-refractivity contribution in [2.75, 3.05) is 7.11 Å². The minimum atomic E-state index is -0.317. The molecule has 0 aromatic heterocycles. The summed E-state index contributed by atoms with van der Waals surface area (Å²) in [5, 5.41) is 0. The normalized spacial score (nSPS) is 10.0. The molecule has 19 heavy (non-hydrogen) atoms. The Labute approximate surface area is 110 Å². The smallest absolute Gasteiger partial charge is 0.157 e. The second-order valence-electron chi connectivity index (χ2n) is 3.91. The predicted octanol–water partition coefficient (Wildman–Crippen LogP) is 3.23. The SMILES string of the molecule is COc1cccc(OCc2cccc(F)c2)c1C=O. The maximum absolute atomic E-state index is 13.0. The first kappa shape index (κ1) is 13.1. The van der Waals surface area contributed by atoms with Gasteiger partial charge >= 0.3 is 0 Å². The highest BCUT2D eigenvalue weighted by atomic mass is 19.1. The van der Waals surface area contributed by atoms with Crippen molar-refractivity contribution >= 4 is 6.29 Å². The van der Waals surface area contributed by atoms with Gasteiger partial charge in [-0.2, -0.15) is 0 Å². The lowest BCUT2D eigenvalue weighted by Crippen LogP contribution is -2.00. The van der Waals surface area contributed by atoms with Crippen molar-refractivity contribution < 1.29 is 18.7 Å². The van der Waals surface area contributed by atoms with E-state index < -0.39 is 0 Å². The van der Waals surface area contributed by atoms with Crippen LogP contribution in [-0.2, 0) is 6.61 Å². The molecule has 0 aliphatic rings. The molecule has 0 heterocycles. The summed E-state index contributed by atoms with van der Waals surface area (Å²) in [6, 6.07) is 11.2. The predicted molar refractivity (Wildman–Crippen MR) is 69.1 cm³/mol. The average Bonchev–Trinajstić information content (AvgIpc) is 2.44. The van der Waals surface area contributed by atoms with Gasteiger partial charge in [0.15, 0.2) is 6.29 Å². The van der Waals surface area contributed by atoms with E-state index in [2.05, 4.69) is 0 Å². The number of carbonyl (C=O) groups is 1. The number of ether oxygens (including phenoxy) is 2. The second kappa shape index (κ2) is 6.00. The average molecular weight is 260 g/mol. The molecule has 2 aromatic rings. The fraction of sp³-hybridized carbons (Fsp3) is 0.133. The van der Waals surface area contributed by atoms with E-state index in [4.69, 9.17) is 9.47 Å². The third kappa shape index (κ3) is 3.10. The number of benzene rings is 2. The van der Waals surface area contributed by atoms with Crippen molar-refractivity contribution in [1.82, 2.24) is 0 Å². The van der Waals surface area contributed by atoms with Gasteiger partial charge in [0, 0.05) is 0 Å². The molecule has 0 atom stereocenters. The quantitative estimate of drug-likeness (QED) is 0.774. The summed E-state index contributed by atoms with van der Waals surface area (Å²) in [5.74, 6) is 0.549. The van der Waals surface area contributed by atoms with Crippen molar-refractivity contribution in [2.24, 2.45) is 0 Å². The van der Waals surface area contributed by atoms with Gasteiger partial charge in [0.2, 0.25) is 0 Å². The lowest BCUT2D eigenvalue weighted by Gasteiger charge is -2.11. The topological polar surface area (TPSA) is 35.5 Å². The first-order valence-electron chi connectivity index (χ1n) is 5.74. The summed E-state index contributed by atoms with van der Waals surface area (Å²) in [6.07, 6.45) is 0.680. The zero-order chi connectivity index (χ0) is 13.7. The number of hydrogen-bond donors (Lipinski definition) is 0. The fourth-order valence-corrected chi connectivity index (χ4v) is 1.73. The Hall–Kier alpha value is -2.36. The molecule has 0 saturated carbocycles. The van der Waals surface area contributed by atoms with Crippen LogP contribution in [0.2, 0.25) is 0 Å². The zero-order valence-electron chi connectivity index (χ0n) is 10.4. The molecule has 2 aromatic carbocycles. The van der Waals surface area contributed by atoms with Crippen LogP contribution in [0, 0.1) is 5.82 Å². The first-order valence-corrected chi connectivity index (χ1v) is 5.74. The van der Waals surface area contributed by atoms with E-state index in [1.807, 2.05) is 0 Å². The molecule has 0 bridgehead atoms. The van der Waals surface area contributed by atoms with Gasteiger partial charge in [-0.3, -0.25) is 4.79 Å². The summed E-state index contributed by atoms with van der Waals surface area (Å²) >= 11 is 0. The van der Waals surface area contributed by atoms with E-state index in [0.717, 1.165) is 0 Å². The Morgan fingerprint density at radius 1 is 1.16 bits per heavy atom. The Kier molecular flexibility index (Phi) is 4.13. The lowest BCUT2D eigenvalue weighted by molar-refractivity contribution is 0.111. The third-order valence-electron chi connectivity index (χ3n) is 2.65. The molecule has 0 aliphatic carbocycles. The minimum absolute atomic E-state index is 0.186. The lowest BCUT2D eigenvalue weighted by atomic mass is 10.2. The molecule has 2 rings (SSSR count). The van der Waals surface area contributed by atoms with Gasteiger partial charge < -0.3 is 9.47 Å². The van der Waals surface area contributed by atoms with Crippen molar-refractivity contribution in [1.29, 1.82) is 0 Å². The molecule has 0 amide bonds. The van der Waals surface area contributed by atoms with Crippen LogP contribution in [-0.4, -0.2) is 13.4 Å². The summed E-state index contributed by atoms with van der Waals surface area (Å²) in [5.41, 5.74) is 1.04. The summed E-state index contributed by atoms with van der Waals surface area (Å²) < 4.78 is 23.6. The molecule has 0 unspecified atom stereocenters. The van der Waals surface area contributed by atoms with Crippen LogP contribution in [0.1, 0.15) is 15.9 Å². The molecule has 0 aliphatic heterocycles. The maximum Gasteiger partial charge on any atom is 0.157 e. The van der Waals surface area contributed by atoms with Crippen LogP contribution in [0.5, 0.6) is 11.5 Å². The Morgan fingerprint density at radius 3 is 2.58 bits per heavy atom. The number of carbonyl (C=O) groups excluding carboxylic acids is 1. The molecule has 3 nitrogen and oxygen atoms in total. The van der Waals surface area contributed by atoms with Crippen LogP contribution < -0.4 is 9.47 Å². The van der Waals surface area contributed by atoms with Crippen LogP contribution in [0.25, 0.3) is 0 Å². The molecule has 4 heteroatoms. The molecule has 98 valence electrons. The maximum atomic E-state index is 13.0. The van der Waals surface area contributed by atoms with Crippen LogP contribution in [0.4, 0.5) is 4.39 Å². The fourth-order valence-electron chi connectivity index (χ4n) is 1.73. The van der Waals surface area contributed by atoms with Crippen molar-refractivity contribution in [3.63, 3.8) is 0 Å². The van der Waals surface area contributed by atoms with Crippen molar-refractivity contribution in [2.45, 2.75) is 6.61 Å². The number of hydrogen-bond acceptors (Lipinski definition) is 3. The molecular weight excluding hydrogens is 247 g/mol. The number of methoxy groups -OCH3 is 1. The molecule has 0 spiro atoms. The Balaban J connectivity index is 2.17. The summed E-state index contributed by atoms with van der Waals surface area (Å²) in [7, 11) is 1.48. The van der Waals surface area contributed by atoms with Crippen LogP contribution >= 0.6 is 0 Å². The van der Waals surface area contributed by atoms with Crippen molar-refractivity contribution in [3.8, 4) is 11.5 Å². The van der Waals surface area contributed by atoms with Gasteiger partial charge in [0.25, 0.3) is 0 Å². The Morgan fingerprint density at radius 2 is 1.89 bits per heavy atom. The van der Waals surface area contributed by atoms with E-state index in [-0.39, 0.29) is 12.4 Å². The highest BCUT2D eigenvalue weighted by Crippen LogP contribution is 2.27. The first-order chi connectivity index (χ1) is 9.24. The van der Waals surface area contributed by atoms with Crippen LogP contribution in [0.3, 0.4) is 0 Å². The van der Waals surface area contributed by atoms with Crippen molar-refractivity contribution in [3.05, 3.63) is 59.4 Å². The number of aldehydes is 1. The molecule has 0 N–H and O–H groups in total. The standard InChI is InChI=1S/C15H13FO3/c1-18-14-6-3-7-15(13(14)9-17)19-10-11-4-2-5-12(16)8-11/h2-9H,10H2,1H3. The molecule has 0 radical (unpaired) electrons.